The molecule has 0 fully saturated rings. The van der Waals surface area contributed by atoms with Gasteiger partial charge in [-0.05, 0) is 64.0 Å². The maximum Gasteiger partial charge on any atom is 0.160 e. The van der Waals surface area contributed by atoms with Crippen LogP contribution in [0.2, 0.25) is 0 Å². The molecule has 294 valence electrons. The Morgan fingerprint density at radius 2 is 0.810 bits per heavy atom. The standard InChI is InChI=1S/C59H38N4/c1-5-16-39(17-6-1)40-28-30-41(31-29-40)53-38-54(61-59(60-53)43-20-9-3-10-21-43)46-23-15-22-44(36-46)45-32-35-55-52(37-45)51-34-33-50-48-26-13-14-27-49(48)56(42-18-7-2-8-19-42)62-57(50)58(51)63(55)47-24-11-4-12-25-47/h1-38H. The number of hydrogen-bond acceptors (Lipinski definition) is 3. The minimum Gasteiger partial charge on any atom is -0.307 e. The molecule has 4 nitrogen and oxygen atoms in total. The molecule has 3 heterocycles. The molecule has 0 amide bonds. The number of hydrogen-bond donors (Lipinski definition) is 0. The maximum absolute atomic E-state index is 5.55. The van der Waals surface area contributed by atoms with Crippen LogP contribution in [-0.4, -0.2) is 19.5 Å². The van der Waals surface area contributed by atoms with Crippen molar-refractivity contribution in [1.82, 2.24) is 19.5 Å². The van der Waals surface area contributed by atoms with Crippen LogP contribution in [0.15, 0.2) is 231 Å². The van der Waals surface area contributed by atoms with Gasteiger partial charge in [-0.3, -0.25) is 0 Å². The second kappa shape index (κ2) is 15.2. The van der Waals surface area contributed by atoms with Gasteiger partial charge in [-0.2, -0.15) is 0 Å². The van der Waals surface area contributed by atoms with E-state index >= 15 is 0 Å². The van der Waals surface area contributed by atoms with Crippen molar-refractivity contribution in [3.63, 3.8) is 0 Å². The van der Waals surface area contributed by atoms with Gasteiger partial charge >= 0.3 is 0 Å². The van der Waals surface area contributed by atoms with E-state index in [2.05, 4.69) is 211 Å². The molecular weight excluding hydrogens is 765 g/mol. The highest BCUT2D eigenvalue weighted by Crippen LogP contribution is 2.42. The molecular formula is C59H38N4. The van der Waals surface area contributed by atoms with Crippen molar-refractivity contribution in [2.75, 3.05) is 0 Å². The molecule has 0 aliphatic carbocycles. The molecule has 9 aromatic carbocycles. The fraction of sp³-hybridized carbons (Fsp3) is 0. The van der Waals surface area contributed by atoms with Gasteiger partial charge in [0.2, 0.25) is 0 Å². The van der Waals surface area contributed by atoms with Gasteiger partial charge < -0.3 is 4.57 Å². The number of pyridine rings is 1. The van der Waals surface area contributed by atoms with Crippen LogP contribution in [0.25, 0.3) is 117 Å². The van der Waals surface area contributed by atoms with E-state index in [9.17, 15) is 0 Å². The number of aromatic nitrogens is 4. The normalized spacial score (nSPS) is 11.5. The fourth-order valence-corrected chi connectivity index (χ4v) is 9.14. The molecule has 0 aliphatic rings. The van der Waals surface area contributed by atoms with E-state index in [1.807, 2.05) is 24.3 Å². The Labute approximate surface area is 365 Å². The van der Waals surface area contributed by atoms with Crippen LogP contribution in [0.4, 0.5) is 0 Å². The zero-order valence-corrected chi connectivity index (χ0v) is 34.2. The van der Waals surface area contributed by atoms with Crippen LogP contribution in [-0.2, 0) is 0 Å². The first-order valence-electron chi connectivity index (χ1n) is 21.4. The lowest BCUT2D eigenvalue weighted by atomic mass is 9.97. The SMILES string of the molecule is c1ccc(-c2ccc(-c3cc(-c4cccc(-c5ccc6c(c5)c5ccc7c8ccccc8c(-c8ccccc8)nc7c5n6-c5ccccc5)c4)nc(-c4ccccc4)n3)cc2)cc1. The van der Waals surface area contributed by atoms with E-state index in [0.717, 1.165) is 88.9 Å². The first-order chi connectivity index (χ1) is 31.2. The average molecular weight is 803 g/mol. The molecule has 12 aromatic rings. The quantitative estimate of drug-likeness (QED) is 0.151. The second-order valence-corrected chi connectivity index (χ2v) is 16.0. The number of para-hydroxylation sites is 1. The third kappa shape index (κ3) is 6.44. The van der Waals surface area contributed by atoms with Crippen LogP contribution in [0.3, 0.4) is 0 Å². The van der Waals surface area contributed by atoms with Crippen molar-refractivity contribution in [3.8, 4) is 73.1 Å². The van der Waals surface area contributed by atoms with Gasteiger partial charge in [0.1, 0.15) is 0 Å². The van der Waals surface area contributed by atoms with Crippen LogP contribution >= 0.6 is 0 Å². The molecule has 4 heteroatoms. The average Bonchev–Trinajstić information content (AvgIpc) is 3.71. The molecule has 0 saturated heterocycles. The van der Waals surface area contributed by atoms with Gasteiger partial charge in [0.25, 0.3) is 0 Å². The van der Waals surface area contributed by atoms with Gasteiger partial charge in [0, 0.05) is 49.5 Å². The predicted molar refractivity (Wildman–Crippen MR) is 262 cm³/mol. The van der Waals surface area contributed by atoms with Crippen molar-refractivity contribution in [1.29, 1.82) is 0 Å². The molecule has 0 unspecified atom stereocenters. The summed E-state index contributed by atoms with van der Waals surface area (Å²) in [5, 5.41) is 5.81. The molecule has 12 rings (SSSR count). The van der Waals surface area contributed by atoms with Gasteiger partial charge in [-0.15, -0.1) is 0 Å². The van der Waals surface area contributed by atoms with E-state index in [4.69, 9.17) is 15.0 Å². The molecule has 0 atom stereocenters. The van der Waals surface area contributed by atoms with Crippen LogP contribution < -0.4 is 0 Å². The summed E-state index contributed by atoms with van der Waals surface area (Å²) in [6.45, 7) is 0. The van der Waals surface area contributed by atoms with E-state index in [1.54, 1.807) is 0 Å². The van der Waals surface area contributed by atoms with Gasteiger partial charge in [0.15, 0.2) is 5.82 Å². The minimum atomic E-state index is 0.694. The van der Waals surface area contributed by atoms with Crippen molar-refractivity contribution in [2.45, 2.75) is 0 Å². The summed E-state index contributed by atoms with van der Waals surface area (Å²) in [6, 6.07) is 81.5. The largest absolute Gasteiger partial charge is 0.307 e. The molecule has 3 aromatic heterocycles. The molecule has 0 N–H and O–H groups in total. The van der Waals surface area contributed by atoms with Crippen molar-refractivity contribution in [2.24, 2.45) is 0 Å². The second-order valence-electron chi connectivity index (χ2n) is 16.0. The lowest BCUT2D eigenvalue weighted by Crippen LogP contribution is -1.96. The summed E-state index contributed by atoms with van der Waals surface area (Å²) < 4.78 is 2.39. The van der Waals surface area contributed by atoms with Crippen molar-refractivity contribution < 1.29 is 0 Å². The molecule has 0 aliphatic heterocycles. The Bertz CT molecular complexity index is 3640. The van der Waals surface area contributed by atoms with Gasteiger partial charge in [-0.1, -0.05) is 194 Å². The highest BCUT2D eigenvalue weighted by Gasteiger charge is 2.20. The molecule has 0 bridgehead atoms. The number of benzene rings is 9. The predicted octanol–water partition coefficient (Wildman–Crippen LogP) is 15.3. The molecule has 0 saturated carbocycles. The van der Waals surface area contributed by atoms with Crippen molar-refractivity contribution in [3.05, 3.63) is 231 Å². The third-order valence-corrected chi connectivity index (χ3v) is 12.2. The number of rotatable bonds is 7. The number of fused-ring (bicyclic) bond motifs is 7. The van der Waals surface area contributed by atoms with Crippen molar-refractivity contribution >= 4 is 43.5 Å². The summed E-state index contributed by atoms with van der Waals surface area (Å²) in [4.78, 5) is 15.9. The Hall–Kier alpha value is -8.47. The fourth-order valence-electron chi connectivity index (χ4n) is 9.14. The smallest absolute Gasteiger partial charge is 0.160 e. The summed E-state index contributed by atoms with van der Waals surface area (Å²) in [5.74, 6) is 0.694. The Morgan fingerprint density at radius 1 is 0.286 bits per heavy atom. The minimum absolute atomic E-state index is 0.694. The van der Waals surface area contributed by atoms with Gasteiger partial charge in [0.05, 0.1) is 33.6 Å². The number of nitrogens with zero attached hydrogens (tertiary/aromatic N) is 4. The Kier molecular flexibility index (Phi) is 8.79. The molecule has 63 heavy (non-hydrogen) atoms. The van der Waals surface area contributed by atoms with Gasteiger partial charge in [-0.25, -0.2) is 15.0 Å². The van der Waals surface area contributed by atoms with E-state index in [1.165, 1.54) is 21.9 Å². The lowest BCUT2D eigenvalue weighted by Gasteiger charge is -2.13. The third-order valence-electron chi connectivity index (χ3n) is 12.2. The zero-order valence-electron chi connectivity index (χ0n) is 34.2. The Morgan fingerprint density at radius 3 is 1.54 bits per heavy atom. The zero-order chi connectivity index (χ0) is 41.7. The first-order valence-corrected chi connectivity index (χ1v) is 21.4. The topological polar surface area (TPSA) is 43.6 Å². The Balaban J connectivity index is 1.02. The maximum atomic E-state index is 5.55. The monoisotopic (exact) mass is 802 g/mol. The lowest BCUT2D eigenvalue weighted by molar-refractivity contribution is 1.18. The van der Waals surface area contributed by atoms with Crippen LogP contribution in [0.1, 0.15) is 0 Å². The van der Waals surface area contributed by atoms with Crippen LogP contribution in [0.5, 0.6) is 0 Å². The molecule has 0 radical (unpaired) electrons. The summed E-state index contributed by atoms with van der Waals surface area (Å²) >= 11 is 0. The molecule has 0 spiro atoms. The summed E-state index contributed by atoms with van der Waals surface area (Å²) in [6.07, 6.45) is 0. The first kappa shape index (κ1) is 36.4. The van der Waals surface area contributed by atoms with E-state index in [0.29, 0.717) is 5.82 Å². The highest BCUT2D eigenvalue weighted by molar-refractivity contribution is 6.23. The van der Waals surface area contributed by atoms with E-state index < -0.39 is 0 Å². The summed E-state index contributed by atoms with van der Waals surface area (Å²) in [7, 11) is 0. The van der Waals surface area contributed by atoms with Crippen LogP contribution in [0, 0.1) is 0 Å². The summed E-state index contributed by atoms with van der Waals surface area (Å²) in [5.41, 5.74) is 15.8. The van der Waals surface area contributed by atoms with E-state index in [-0.39, 0.29) is 0 Å². The highest BCUT2D eigenvalue weighted by atomic mass is 15.0.